The summed E-state index contributed by atoms with van der Waals surface area (Å²) >= 11 is 0. The summed E-state index contributed by atoms with van der Waals surface area (Å²) in [4.78, 5) is 6.34. The van der Waals surface area contributed by atoms with E-state index in [-0.39, 0.29) is 11.4 Å². The molecule has 2 aromatic rings. The first-order chi connectivity index (χ1) is 12.0. The Labute approximate surface area is 145 Å². The Kier molecular flexibility index (Phi) is 5.42. The highest BCUT2D eigenvalue weighted by atomic mass is 32.2. The number of nitrogens with zero attached hydrogens (tertiary/aromatic N) is 4. The molecule has 8 nitrogen and oxygen atoms in total. The maximum Gasteiger partial charge on any atom is 0.243 e. The van der Waals surface area contributed by atoms with Crippen molar-refractivity contribution < 1.29 is 17.3 Å². The fourth-order valence-corrected chi connectivity index (χ4v) is 4.21. The Hall–Kier alpha value is -1.88. The van der Waals surface area contributed by atoms with Gasteiger partial charge in [0.15, 0.2) is 5.82 Å². The molecule has 1 aliphatic rings. The second kappa shape index (κ2) is 7.56. The molecule has 0 unspecified atom stereocenters. The third kappa shape index (κ3) is 4.21. The van der Waals surface area contributed by atoms with E-state index in [1.54, 1.807) is 0 Å². The molecule has 1 saturated heterocycles. The van der Waals surface area contributed by atoms with Gasteiger partial charge in [0.05, 0.1) is 18.0 Å². The largest absolute Gasteiger partial charge is 0.338 e. The lowest BCUT2D eigenvalue weighted by Gasteiger charge is -2.21. The van der Waals surface area contributed by atoms with Gasteiger partial charge in [0.2, 0.25) is 15.9 Å². The standard InChI is InChI=1S/C15H20FN5O3S/c16-12-2-4-13(5-3-12)25(22,23)21-7-1-6-20(8-9-21)11-14-18-15(10-17)24-19-14/h2-5H,1,6-11,17H2. The smallest absolute Gasteiger partial charge is 0.243 e. The molecular weight excluding hydrogens is 349 g/mol. The van der Waals surface area contributed by atoms with Gasteiger partial charge in [-0.3, -0.25) is 4.90 Å². The summed E-state index contributed by atoms with van der Waals surface area (Å²) < 4.78 is 44.8. The quantitative estimate of drug-likeness (QED) is 0.821. The van der Waals surface area contributed by atoms with Crippen molar-refractivity contribution in [1.82, 2.24) is 19.3 Å². The van der Waals surface area contributed by atoms with Crippen molar-refractivity contribution in [3.05, 3.63) is 41.8 Å². The van der Waals surface area contributed by atoms with Crippen LogP contribution < -0.4 is 5.73 Å². The Morgan fingerprint density at radius 1 is 1.16 bits per heavy atom. The molecule has 0 radical (unpaired) electrons. The molecule has 3 rings (SSSR count). The van der Waals surface area contributed by atoms with Crippen LogP contribution in [0.1, 0.15) is 18.1 Å². The van der Waals surface area contributed by atoms with Crippen LogP contribution in [-0.4, -0.2) is 53.9 Å². The van der Waals surface area contributed by atoms with E-state index in [0.717, 1.165) is 18.7 Å². The van der Waals surface area contributed by atoms with Gasteiger partial charge >= 0.3 is 0 Å². The summed E-state index contributed by atoms with van der Waals surface area (Å²) in [6.07, 6.45) is 0.683. The van der Waals surface area contributed by atoms with E-state index >= 15 is 0 Å². The average molecular weight is 369 g/mol. The fraction of sp³-hybridized carbons (Fsp3) is 0.467. The molecule has 0 bridgehead atoms. The first-order valence-electron chi connectivity index (χ1n) is 7.98. The number of rotatable bonds is 5. The minimum absolute atomic E-state index is 0.105. The van der Waals surface area contributed by atoms with Gasteiger partial charge in [-0.2, -0.15) is 9.29 Å². The molecule has 0 saturated carbocycles. The number of aromatic nitrogens is 2. The molecule has 136 valence electrons. The molecule has 25 heavy (non-hydrogen) atoms. The predicted octanol–water partition coefficient (Wildman–Crippen LogP) is 0.564. The minimum atomic E-state index is -3.62. The molecule has 2 heterocycles. The number of sulfonamides is 1. The SMILES string of the molecule is NCc1nc(CN2CCCN(S(=O)(=O)c3ccc(F)cc3)CC2)no1. The zero-order valence-electron chi connectivity index (χ0n) is 13.6. The minimum Gasteiger partial charge on any atom is -0.338 e. The maximum absolute atomic E-state index is 13.0. The molecule has 0 atom stereocenters. The topological polar surface area (TPSA) is 106 Å². The number of nitrogens with two attached hydrogens (primary N) is 1. The molecule has 1 fully saturated rings. The van der Waals surface area contributed by atoms with E-state index in [0.29, 0.717) is 44.3 Å². The zero-order chi connectivity index (χ0) is 17.9. The summed E-state index contributed by atoms with van der Waals surface area (Å²) in [7, 11) is -3.62. The van der Waals surface area contributed by atoms with Crippen LogP contribution in [0.4, 0.5) is 4.39 Å². The first-order valence-corrected chi connectivity index (χ1v) is 9.42. The van der Waals surface area contributed by atoms with Crippen LogP contribution >= 0.6 is 0 Å². The zero-order valence-corrected chi connectivity index (χ0v) is 14.5. The van der Waals surface area contributed by atoms with Crippen molar-refractivity contribution in [3.63, 3.8) is 0 Å². The summed E-state index contributed by atoms with van der Waals surface area (Å²) in [5.74, 6) is 0.457. The molecular formula is C15H20FN5O3S. The Morgan fingerprint density at radius 3 is 2.60 bits per heavy atom. The highest BCUT2D eigenvalue weighted by Crippen LogP contribution is 2.18. The van der Waals surface area contributed by atoms with Gasteiger partial charge in [-0.25, -0.2) is 12.8 Å². The molecule has 2 N–H and O–H groups in total. The van der Waals surface area contributed by atoms with Gasteiger partial charge in [-0.15, -0.1) is 0 Å². The van der Waals surface area contributed by atoms with E-state index in [4.69, 9.17) is 10.3 Å². The van der Waals surface area contributed by atoms with Crippen LogP contribution in [0.15, 0.2) is 33.7 Å². The van der Waals surface area contributed by atoms with E-state index in [1.165, 1.54) is 16.4 Å². The van der Waals surface area contributed by atoms with Crippen LogP contribution in [0.25, 0.3) is 0 Å². The van der Waals surface area contributed by atoms with E-state index < -0.39 is 15.8 Å². The van der Waals surface area contributed by atoms with Crippen LogP contribution in [-0.2, 0) is 23.1 Å². The van der Waals surface area contributed by atoms with E-state index in [2.05, 4.69) is 15.0 Å². The van der Waals surface area contributed by atoms with Crippen molar-refractivity contribution in [2.75, 3.05) is 26.2 Å². The van der Waals surface area contributed by atoms with Crippen LogP contribution in [0.2, 0.25) is 0 Å². The average Bonchev–Trinajstić information content (AvgIpc) is 2.91. The predicted molar refractivity (Wildman–Crippen MR) is 87.2 cm³/mol. The van der Waals surface area contributed by atoms with Crippen LogP contribution in [0.5, 0.6) is 0 Å². The molecule has 1 aromatic heterocycles. The first kappa shape index (κ1) is 17.9. The van der Waals surface area contributed by atoms with Crippen molar-refractivity contribution in [3.8, 4) is 0 Å². The lowest BCUT2D eigenvalue weighted by molar-refractivity contribution is 0.266. The highest BCUT2D eigenvalue weighted by Gasteiger charge is 2.27. The van der Waals surface area contributed by atoms with Crippen molar-refractivity contribution in [2.45, 2.75) is 24.4 Å². The Balaban J connectivity index is 1.65. The summed E-state index contributed by atoms with van der Waals surface area (Å²) in [6, 6.07) is 4.90. The van der Waals surface area contributed by atoms with E-state index in [9.17, 15) is 12.8 Å². The second-order valence-electron chi connectivity index (χ2n) is 5.80. The number of hydrogen-bond donors (Lipinski definition) is 1. The number of benzene rings is 1. The van der Waals surface area contributed by atoms with Gasteiger partial charge in [0.1, 0.15) is 5.82 Å². The molecule has 1 aliphatic heterocycles. The summed E-state index contributed by atoms with van der Waals surface area (Å²) in [6.45, 7) is 2.71. The summed E-state index contributed by atoms with van der Waals surface area (Å²) in [5, 5.41) is 3.86. The third-order valence-corrected chi connectivity index (χ3v) is 5.96. The van der Waals surface area contributed by atoms with Crippen LogP contribution in [0, 0.1) is 5.82 Å². The van der Waals surface area contributed by atoms with Crippen LogP contribution in [0.3, 0.4) is 0 Å². The van der Waals surface area contributed by atoms with Crippen molar-refractivity contribution in [2.24, 2.45) is 5.73 Å². The molecule has 1 aromatic carbocycles. The lowest BCUT2D eigenvalue weighted by Crippen LogP contribution is -2.35. The normalized spacial score (nSPS) is 17.5. The monoisotopic (exact) mass is 369 g/mol. The Bertz CT molecular complexity index is 809. The lowest BCUT2D eigenvalue weighted by atomic mass is 10.4. The maximum atomic E-state index is 13.0. The molecule has 10 heteroatoms. The number of halogens is 1. The third-order valence-electron chi connectivity index (χ3n) is 4.05. The molecule has 0 spiro atoms. The second-order valence-corrected chi connectivity index (χ2v) is 7.73. The molecule has 0 amide bonds. The van der Waals surface area contributed by atoms with Crippen molar-refractivity contribution in [1.29, 1.82) is 0 Å². The van der Waals surface area contributed by atoms with Gasteiger partial charge in [0, 0.05) is 19.6 Å². The van der Waals surface area contributed by atoms with Gasteiger partial charge in [-0.05, 0) is 37.2 Å². The van der Waals surface area contributed by atoms with Gasteiger partial charge < -0.3 is 10.3 Å². The highest BCUT2D eigenvalue weighted by molar-refractivity contribution is 7.89. The Morgan fingerprint density at radius 2 is 1.92 bits per heavy atom. The van der Waals surface area contributed by atoms with Gasteiger partial charge in [-0.1, -0.05) is 5.16 Å². The fourth-order valence-electron chi connectivity index (χ4n) is 2.74. The number of hydrogen-bond acceptors (Lipinski definition) is 7. The van der Waals surface area contributed by atoms with E-state index in [1.807, 2.05) is 0 Å². The molecule has 0 aliphatic carbocycles. The van der Waals surface area contributed by atoms with Crippen molar-refractivity contribution >= 4 is 10.0 Å². The van der Waals surface area contributed by atoms with Gasteiger partial charge in [0.25, 0.3) is 0 Å². The summed E-state index contributed by atoms with van der Waals surface area (Å²) in [5.41, 5.74) is 5.45.